The summed E-state index contributed by atoms with van der Waals surface area (Å²) in [5, 5.41) is 8.04. The van der Waals surface area contributed by atoms with Crippen molar-refractivity contribution in [2.45, 2.75) is 4.90 Å². The Balaban J connectivity index is 2.25. The number of ether oxygens (including phenoxy) is 2. The van der Waals surface area contributed by atoms with E-state index in [9.17, 15) is 8.42 Å². The van der Waals surface area contributed by atoms with Gasteiger partial charge in [-0.3, -0.25) is 4.55 Å². The molecule has 0 unspecified atom stereocenters. The van der Waals surface area contributed by atoms with Gasteiger partial charge < -0.3 is 9.47 Å². The Morgan fingerprint density at radius 2 is 1.64 bits per heavy atom. The molecule has 0 bridgehead atoms. The van der Waals surface area contributed by atoms with E-state index >= 15 is 0 Å². The third-order valence-corrected chi connectivity index (χ3v) is 3.66. The summed E-state index contributed by atoms with van der Waals surface area (Å²) in [4.78, 5) is -0.200. The molecule has 2 rings (SSSR count). The van der Waals surface area contributed by atoms with Crippen molar-refractivity contribution in [3.8, 4) is 11.5 Å². The molecule has 0 amide bonds. The van der Waals surface area contributed by atoms with Crippen LogP contribution in [0.5, 0.6) is 11.5 Å². The molecule has 0 radical (unpaired) electrons. The Labute approximate surface area is 128 Å². The lowest BCUT2D eigenvalue weighted by molar-refractivity contribution is 0.395. The van der Waals surface area contributed by atoms with Crippen molar-refractivity contribution in [3.05, 3.63) is 42.5 Å². The Hall–Kier alpha value is -2.45. The highest BCUT2D eigenvalue weighted by atomic mass is 32.2. The van der Waals surface area contributed by atoms with Crippen molar-refractivity contribution in [1.82, 2.24) is 0 Å². The maximum absolute atomic E-state index is 10.9. The standard InChI is InChI=1S/C14H14N2O5S/c1-20-11-5-8-13(14(9-11)21-2)16-15-10-3-6-12(7-4-10)22(17,18)19/h3-9H,1-2H3,(H,17,18,19). The smallest absolute Gasteiger partial charge is 0.294 e. The highest BCUT2D eigenvalue weighted by molar-refractivity contribution is 7.85. The van der Waals surface area contributed by atoms with Crippen molar-refractivity contribution in [1.29, 1.82) is 0 Å². The summed E-state index contributed by atoms with van der Waals surface area (Å²) in [6.45, 7) is 0. The van der Waals surface area contributed by atoms with Gasteiger partial charge in [0, 0.05) is 6.07 Å². The van der Waals surface area contributed by atoms with Crippen molar-refractivity contribution < 1.29 is 22.4 Å². The van der Waals surface area contributed by atoms with E-state index in [0.717, 1.165) is 0 Å². The number of benzene rings is 2. The second-order valence-electron chi connectivity index (χ2n) is 4.21. The fourth-order valence-electron chi connectivity index (χ4n) is 1.66. The zero-order chi connectivity index (χ0) is 16.2. The number of rotatable bonds is 5. The van der Waals surface area contributed by atoms with Crippen LogP contribution in [0, 0.1) is 0 Å². The van der Waals surface area contributed by atoms with Gasteiger partial charge in [0.15, 0.2) is 0 Å². The summed E-state index contributed by atoms with van der Waals surface area (Å²) in [5.74, 6) is 1.13. The van der Waals surface area contributed by atoms with E-state index in [-0.39, 0.29) is 4.90 Å². The van der Waals surface area contributed by atoms with Gasteiger partial charge in [0.25, 0.3) is 10.1 Å². The minimum atomic E-state index is -4.21. The molecule has 22 heavy (non-hydrogen) atoms. The van der Waals surface area contributed by atoms with Crippen LogP contribution in [-0.2, 0) is 10.1 Å². The van der Waals surface area contributed by atoms with Crippen LogP contribution in [0.4, 0.5) is 11.4 Å². The van der Waals surface area contributed by atoms with Gasteiger partial charge in [0.1, 0.15) is 17.2 Å². The first-order chi connectivity index (χ1) is 10.4. The van der Waals surface area contributed by atoms with Crippen LogP contribution in [0.3, 0.4) is 0 Å². The van der Waals surface area contributed by atoms with E-state index < -0.39 is 10.1 Å². The van der Waals surface area contributed by atoms with Gasteiger partial charge in [-0.1, -0.05) is 0 Å². The van der Waals surface area contributed by atoms with E-state index in [1.165, 1.54) is 31.4 Å². The molecule has 0 saturated heterocycles. The van der Waals surface area contributed by atoms with Crippen LogP contribution in [0.25, 0.3) is 0 Å². The molecule has 2 aromatic rings. The number of methoxy groups -OCH3 is 2. The molecule has 0 fully saturated rings. The van der Waals surface area contributed by atoms with Gasteiger partial charge in [-0.15, -0.1) is 5.11 Å². The molecule has 0 aliphatic heterocycles. The maximum atomic E-state index is 10.9. The maximum Gasteiger partial charge on any atom is 0.294 e. The highest BCUT2D eigenvalue weighted by Gasteiger charge is 2.08. The van der Waals surface area contributed by atoms with E-state index in [2.05, 4.69) is 10.2 Å². The van der Waals surface area contributed by atoms with Gasteiger partial charge in [-0.05, 0) is 36.4 Å². The second kappa shape index (κ2) is 6.54. The SMILES string of the molecule is COc1ccc(N=Nc2ccc(S(=O)(=O)O)cc2)c(OC)c1. The Kier molecular flexibility index (Phi) is 4.74. The molecule has 1 N–H and O–H groups in total. The molecular formula is C14H14N2O5S. The predicted octanol–water partition coefficient (Wildman–Crippen LogP) is 3.37. The van der Waals surface area contributed by atoms with Crippen LogP contribution in [0.15, 0.2) is 57.6 Å². The molecule has 7 nitrogen and oxygen atoms in total. The topological polar surface area (TPSA) is 97.6 Å². The summed E-state index contributed by atoms with van der Waals surface area (Å²) in [7, 11) is -1.15. The van der Waals surface area contributed by atoms with Gasteiger partial charge >= 0.3 is 0 Å². The first kappa shape index (κ1) is 15.9. The summed E-state index contributed by atoms with van der Waals surface area (Å²) in [6.07, 6.45) is 0. The Morgan fingerprint density at radius 3 is 2.18 bits per heavy atom. The second-order valence-corrected chi connectivity index (χ2v) is 5.63. The lowest BCUT2D eigenvalue weighted by Crippen LogP contribution is -1.96. The van der Waals surface area contributed by atoms with Crippen molar-refractivity contribution in [2.75, 3.05) is 14.2 Å². The molecule has 0 aromatic heterocycles. The molecule has 0 atom stereocenters. The van der Waals surface area contributed by atoms with Crippen LogP contribution < -0.4 is 9.47 Å². The zero-order valence-electron chi connectivity index (χ0n) is 11.9. The van der Waals surface area contributed by atoms with Crippen LogP contribution in [0.2, 0.25) is 0 Å². The van der Waals surface area contributed by atoms with Crippen molar-refractivity contribution in [2.24, 2.45) is 10.2 Å². The third-order valence-electron chi connectivity index (χ3n) is 2.79. The normalized spacial score (nSPS) is 11.6. The fourth-order valence-corrected chi connectivity index (χ4v) is 2.14. The largest absolute Gasteiger partial charge is 0.497 e. The lowest BCUT2D eigenvalue weighted by Gasteiger charge is -2.05. The summed E-state index contributed by atoms with van der Waals surface area (Å²) < 4.78 is 41.1. The molecule has 0 heterocycles. The monoisotopic (exact) mass is 322 g/mol. The quantitative estimate of drug-likeness (QED) is 0.672. The Morgan fingerprint density at radius 1 is 0.955 bits per heavy atom. The van der Waals surface area contributed by atoms with Crippen LogP contribution in [-0.4, -0.2) is 27.2 Å². The van der Waals surface area contributed by atoms with E-state index in [1.54, 1.807) is 25.3 Å². The number of hydrogen-bond acceptors (Lipinski definition) is 6. The van der Waals surface area contributed by atoms with Gasteiger partial charge in [0.05, 0.1) is 24.8 Å². The fraction of sp³-hybridized carbons (Fsp3) is 0.143. The summed E-state index contributed by atoms with van der Waals surface area (Å²) in [6, 6.07) is 10.4. The summed E-state index contributed by atoms with van der Waals surface area (Å²) in [5.41, 5.74) is 0.937. The highest BCUT2D eigenvalue weighted by Crippen LogP contribution is 2.32. The molecule has 0 saturated carbocycles. The van der Waals surface area contributed by atoms with E-state index in [4.69, 9.17) is 14.0 Å². The first-order valence-electron chi connectivity index (χ1n) is 6.15. The van der Waals surface area contributed by atoms with Crippen molar-refractivity contribution >= 4 is 21.5 Å². The third kappa shape index (κ3) is 3.80. The van der Waals surface area contributed by atoms with Gasteiger partial charge in [-0.25, -0.2) is 0 Å². The predicted molar refractivity (Wildman–Crippen MR) is 80.0 cm³/mol. The number of azo groups is 1. The molecule has 8 heteroatoms. The Bertz CT molecular complexity index is 785. The molecular weight excluding hydrogens is 308 g/mol. The van der Waals surface area contributed by atoms with Gasteiger partial charge in [-0.2, -0.15) is 13.5 Å². The van der Waals surface area contributed by atoms with Crippen molar-refractivity contribution in [3.63, 3.8) is 0 Å². The van der Waals surface area contributed by atoms with Crippen LogP contribution in [0.1, 0.15) is 0 Å². The number of nitrogens with zero attached hydrogens (tertiary/aromatic N) is 2. The van der Waals surface area contributed by atoms with E-state index in [1.807, 2.05) is 0 Å². The average Bonchev–Trinajstić information content (AvgIpc) is 2.52. The van der Waals surface area contributed by atoms with Crippen LogP contribution >= 0.6 is 0 Å². The lowest BCUT2D eigenvalue weighted by atomic mass is 10.3. The van der Waals surface area contributed by atoms with E-state index in [0.29, 0.717) is 22.9 Å². The molecule has 0 aliphatic rings. The molecule has 0 spiro atoms. The number of hydrogen-bond donors (Lipinski definition) is 1. The average molecular weight is 322 g/mol. The molecule has 2 aromatic carbocycles. The molecule has 0 aliphatic carbocycles. The molecule has 116 valence electrons. The first-order valence-corrected chi connectivity index (χ1v) is 7.59. The minimum Gasteiger partial charge on any atom is -0.497 e. The minimum absolute atomic E-state index is 0.200. The summed E-state index contributed by atoms with van der Waals surface area (Å²) >= 11 is 0. The van der Waals surface area contributed by atoms with Gasteiger partial charge in [0.2, 0.25) is 0 Å². The zero-order valence-corrected chi connectivity index (χ0v) is 12.7.